The summed E-state index contributed by atoms with van der Waals surface area (Å²) in [5, 5.41) is 13.4. The van der Waals surface area contributed by atoms with E-state index >= 15 is 0 Å². The Morgan fingerprint density at radius 1 is 1.44 bits per heavy atom. The van der Waals surface area contributed by atoms with Gasteiger partial charge in [0.05, 0.1) is 6.61 Å². The van der Waals surface area contributed by atoms with Crippen LogP contribution >= 0.6 is 11.5 Å². The van der Waals surface area contributed by atoms with Crippen LogP contribution in [0.25, 0.3) is 0 Å². The first-order valence-corrected chi connectivity index (χ1v) is 5.46. The molecule has 0 bridgehead atoms. The summed E-state index contributed by atoms with van der Waals surface area (Å²) < 4.78 is 9.20. The summed E-state index contributed by atoms with van der Waals surface area (Å²) in [6.07, 6.45) is 0. The lowest BCUT2D eigenvalue weighted by Gasteiger charge is -2.05. The van der Waals surface area contributed by atoms with Crippen molar-refractivity contribution >= 4 is 16.5 Å². The van der Waals surface area contributed by atoms with Crippen LogP contribution in [0.2, 0.25) is 0 Å². The number of rotatable bonds is 4. The topological polar surface area (TPSA) is 81.3 Å². The molecule has 2 aromatic rings. The van der Waals surface area contributed by atoms with E-state index in [2.05, 4.69) is 9.59 Å². The highest BCUT2D eigenvalue weighted by Gasteiger charge is 2.05. The number of benzene rings is 1. The Hall–Kier alpha value is -1.66. The molecule has 5 nitrogen and oxygen atoms in total. The molecule has 1 heterocycles. The molecule has 16 heavy (non-hydrogen) atoms. The molecule has 0 spiro atoms. The molecule has 0 aliphatic rings. The van der Waals surface area contributed by atoms with E-state index in [1.807, 2.05) is 18.2 Å². The predicted molar refractivity (Wildman–Crippen MR) is 61.0 cm³/mol. The molecule has 0 saturated carbocycles. The Morgan fingerprint density at radius 2 is 2.31 bits per heavy atom. The fourth-order valence-corrected chi connectivity index (χ4v) is 1.63. The van der Waals surface area contributed by atoms with E-state index in [9.17, 15) is 0 Å². The van der Waals surface area contributed by atoms with Gasteiger partial charge in [0, 0.05) is 11.5 Å². The van der Waals surface area contributed by atoms with Crippen LogP contribution in [0.3, 0.4) is 0 Å². The molecule has 0 aliphatic heterocycles. The summed E-state index contributed by atoms with van der Waals surface area (Å²) in [5.41, 5.74) is 7.08. The average molecular weight is 237 g/mol. The molecule has 1 aromatic carbocycles. The Bertz CT molecular complexity index is 473. The van der Waals surface area contributed by atoms with Gasteiger partial charge in [-0.1, -0.05) is 16.6 Å². The highest BCUT2D eigenvalue weighted by Crippen LogP contribution is 2.18. The van der Waals surface area contributed by atoms with Crippen LogP contribution in [-0.4, -0.2) is 14.7 Å². The van der Waals surface area contributed by atoms with Crippen molar-refractivity contribution in [1.82, 2.24) is 9.59 Å². The number of nitrogens with zero attached hydrogens (tertiary/aromatic N) is 2. The van der Waals surface area contributed by atoms with Crippen molar-refractivity contribution in [1.29, 1.82) is 0 Å². The van der Waals surface area contributed by atoms with Crippen molar-refractivity contribution < 1.29 is 9.84 Å². The number of nitrogen functional groups attached to an aromatic ring is 1. The minimum atomic E-state index is -0.00239. The van der Waals surface area contributed by atoms with E-state index in [-0.39, 0.29) is 13.2 Å². The molecule has 0 radical (unpaired) electrons. The molecule has 3 N–H and O–H groups in total. The van der Waals surface area contributed by atoms with Crippen molar-refractivity contribution in [3.05, 3.63) is 35.5 Å². The van der Waals surface area contributed by atoms with Crippen LogP contribution in [0.4, 0.5) is 5.00 Å². The molecule has 0 amide bonds. The Labute approximate surface area is 96.7 Å². The molecule has 2 rings (SSSR count). The Morgan fingerprint density at radius 3 is 3.00 bits per heavy atom. The summed E-state index contributed by atoms with van der Waals surface area (Å²) in [6.45, 7) is 0.287. The van der Waals surface area contributed by atoms with E-state index < -0.39 is 0 Å². The normalized spacial score (nSPS) is 10.3. The van der Waals surface area contributed by atoms with Gasteiger partial charge in [0.2, 0.25) is 0 Å². The highest BCUT2D eigenvalue weighted by molar-refractivity contribution is 7.09. The largest absolute Gasteiger partial charge is 0.487 e. The SMILES string of the molecule is Nc1snnc1COc1cccc(CO)c1. The first-order chi connectivity index (χ1) is 7.79. The maximum atomic E-state index is 8.96. The molecule has 6 heteroatoms. The summed E-state index contributed by atoms with van der Waals surface area (Å²) in [7, 11) is 0. The number of aromatic nitrogens is 2. The van der Waals surface area contributed by atoms with Crippen molar-refractivity contribution in [2.24, 2.45) is 0 Å². The summed E-state index contributed by atoms with van der Waals surface area (Å²) in [6, 6.07) is 7.24. The summed E-state index contributed by atoms with van der Waals surface area (Å²) in [4.78, 5) is 0. The number of aliphatic hydroxyl groups is 1. The maximum absolute atomic E-state index is 8.96. The lowest BCUT2D eigenvalue weighted by molar-refractivity contribution is 0.277. The smallest absolute Gasteiger partial charge is 0.136 e. The highest BCUT2D eigenvalue weighted by atomic mass is 32.1. The van der Waals surface area contributed by atoms with Gasteiger partial charge in [-0.25, -0.2) is 0 Å². The lowest BCUT2D eigenvalue weighted by atomic mass is 10.2. The number of ether oxygens (including phenoxy) is 1. The molecule has 1 aromatic heterocycles. The van der Waals surface area contributed by atoms with Gasteiger partial charge in [0.25, 0.3) is 0 Å². The predicted octanol–water partition coefficient (Wildman–Crippen LogP) is 1.19. The van der Waals surface area contributed by atoms with E-state index in [0.717, 1.165) is 17.1 Å². The van der Waals surface area contributed by atoms with Crippen LogP contribution in [0.1, 0.15) is 11.3 Å². The summed E-state index contributed by atoms with van der Waals surface area (Å²) >= 11 is 1.14. The van der Waals surface area contributed by atoms with Gasteiger partial charge in [0.1, 0.15) is 23.1 Å². The lowest BCUT2D eigenvalue weighted by Crippen LogP contribution is -1.99. The molecule has 0 aliphatic carbocycles. The van der Waals surface area contributed by atoms with Crippen LogP contribution in [0.5, 0.6) is 5.75 Å². The standard InChI is InChI=1S/C10H11N3O2S/c11-10-9(12-13-16-10)6-15-8-3-1-2-7(4-8)5-14/h1-4,14H,5-6,11H2. The third-order valence-corrected chi connectivity index (χ3v) is 2.64. The molecular formula is C10H11N3O2S. The first-order valence-electron chi connectivity index (χ1n) is 4.69. The minimum Gasteiger partial charge on any atom is -0.487 e. The van der Waals surface area contributed by atoms with Crippen molar-refractivity contribution in [3.63, 3.8) is 0 Å². The third kappa shape index (κ3) is 2.47. The number of nitrogens with two attached hydrogens (primary N) is 1. The third-order valence-electron chi connectivity index (χ3n) is 2.04. The monoisotopic (exact) mass is 237 g/mol. The van der Waals surface area contributed by atoms with Crippen LogP contribution in [0.15, 0.2) is 24.3 Å². The van der Waals surface area contributed by atoms with Gasteiger partial charge < -0.3 is 15.6 Å². The van der Waals surface area contributed by atoms with Crippen molar-refractivity contribution in [2.45, 2.75) is 13.2 Å². The van der Waals surface area contributed by atoms with Crippen LogP contribution < -0.4 is 10.5 Å². The molecule has 0 saturated heterocycles. The quantitative estimate of drug-likeness (QED) is 0.834. The molecule has 0 unspecified atom stereocenters. The van der Waals surface area contributed by atoms with Gasteiger partial charge >= 0.3 is 0 Å². The second kappa shape index (κ2) is 4.91. The van der Waals surface area contributed by atoms with Crippen molar-refractivity contribution in [2.75, 3.05) is 5.73 Å². The zero-order chi connectivity index (χ0) is 11.4. The fourth-order valence-electron chi connectivity index (χ4n) is 1.20. The zero-order valence-corrected chi connectivity index (χ0v) is 9.28. The fraction of sp³-hybridized carbons (Fsp3) is 0.200. The Kier molecular flexibility index (Phi) is 3.33. The molecule has 84 valence electrons. The molecule has 0 fully saturated rings. The van der Waals surface area contributed by atoms with E-state index in [1.54, 1.807) is 6.07 Å². The van der Waals surface area contributed by atoms with Crippen LogP contribution in [0, 0.1) is 0 Å². The number of hydrogen-bond donors (Lipinski definition) is 2. The Balaban J connectivity index is 2.02. The van der Waals surface area contributed by atoms with Gasteiger partial charge in [-0.2, -0.15) is 0 Å². The summed E-state index contributed by atoms with van der Waals surface area (Å²) in [5.74, 6) is 0.680. The van der Waals surface area contributed by atoms with Crippen molar-refractivity contribution in [3.8, 4) is 5.75 Å². The van der Waals surface area contributed by atoms with Crippen LogP contribution in [-0.2, 0) is 13.2 Å². The minimum absolute atomic E-state index is 0.00239. The van der Waals surface area contributed by atoms with Gasteiger partial charge in [-0.15, -0.1) is 5.10 Å². The van der Waals surface area contributed by atoms with E-state index in [0.29, 0.717) is 16.4 Å². The molecule has 0 atom stereocenters. The van der Waals surface area contributed by atoms with Gasteiger partial charge in [-0.05, 0) is 17.7 Å². The maximum Gasteiger partial charge on any atom is 0.136 e. The zero-order valence-electron chi connectivity index (χ0n) is 8.46. The molecular weight excluding hydrogens is 226 g/mol. The van der Waals surface area contributed by atoms with Gasteiger partial charge in [-0.3, -0.25) is 0 Å². The van der Waals surface area contributed by atoms with E-state index in [4.69, 9.17) is 15.6 Å². The first kappa shape index (κ1) is 10.8. The number of aliphatic hydroxyl groups excluding tert-OH is 1. The second-order valence-electron chi connectivity index (χ2n) is 3.18. The number of anilines is 1. The number of hydrogen-bond acceptors (Lipinski definition) is 6. The average Bonchev–Trinajstić information content (AvgIpc) is 2.72. The second-order valence-corrected chi connectivity index (χ2v) is 3.96. The van der Waals surface area contributed by atoms with Gasteiger partial charge in [0.15, 0.2) is 0 Å². The van der Waals surface area contributed by atoms with E-state index in [1.165, 1.54) is 0 Å².